The van der Waals surface area contributed by atoms with E-state index in [1.807, 2.05) is 47.3 Å². The van der Waals surface area contributed by atoms with Gasteiger partial charge in [0.25, 0.3) is 0 Å². The molecule has 5 heterocycles. The van der Waals surface area contributed by atoms with Gasteiger partial charge >= 0.3 is 0 Å². The van der Waals surface area contributed by atoms with E-state index in [0.717, 1.165) is 70.9 Å². The first-order valence-corrected chi connectivity index (χ1v) is 17.5. The molecule has 3 aliphatic heterocycles. The lowest BCUT2D eigenvalue weighted by molar-refractivity contribution is -0.121. The van der Waals surface area contributed by atoms with Crippen molar-refractivity contribution in [1.82, 2.24) is 14.9 Å². The van der Waals surface area contributed by atoms with Crippen LogP contribution in [-0.4, -0.2) is 38.2 Å². The van der Waals surface area contributed by atoms with Crippen molar-refractivity contribution in [2.45, 2.75) is 95.7 Å². The Morgan fingerprint density at radius 3 is 2.88 bits per heavy atom. The summed E-state index contributed by atoms with van der Waals surface area (Å²) in [6.45, 7) is 2.90. The summed E-state index contributed by atoms with van der Waals surface area (Å²) in [5, 5.41) is 26.3. The van der Waals surface area contributed by atoms with Crippen LogP contribution in [-0.2, 0) is 24.1 Å². The maximum absolute atomic E-state index is 12.7. The van der Waals surface area contributed by atoms with Crippen molar-refractivity contribution in [1.29, 1.82) is 0 Å². The zero-order valence-corrected chi connectivity index (χ0v) is 27.9. The number of carbonyl (C=O) groups excluding carboxylic acids is 1. The molecule has 0 saturated heterocycles. The molecule has 254 valence electrons. The largest absolute Gasteiger partial charge is 0.465 e. The van der Waals surface area contributed by atoms with Gasteiger partial charge in [-0.15, -0.1) is 0 Å². The average Bonchev–Trinajstić information content (AvgIpc) is 3.70. The summed E-state index contributed by atoms with van der Waals surface area (Å²) in [6.07, 6.45) is 13.1. The third-order valence-corrected chi connectivity index (χ3v) is 9.99. The van der Waals surface area contributed by atoms with Gasteiger partial charge in [-0.1, -0.05) is 62.1 Å². The fraction of sp³-hybridized carbons (Fsp3) is 0.425. The number of nitrogens with zero attached hydrogens (tertiary/aromatic N) is 1. The smallest absolute Gasteiger partial charge is 0.190 e. The summed E-state index contributed by atoms with van der Waals surface area (Å²) < 4.78 is 14.6. The Balaban J connectivity index is 1.20. The summed E-state index contributed by atoms with van der Waals surface area (Å²) in [5.74, 6) is 10.2. The number of ether oxygens (including phenoxy) is 2. The molecule has 0 radical (unpaired) electrons. The Bertz CT molecular complexity index is 1970. The van der Waals surface area contributed by atoms with Crippen LogP contribution in [0.3, 0.4) is 0 Å². The number of aryl methyl sites for hydroxylation is 1. The number of aromatic amines is 1. The SMILES string of the molecule is CCCCC[C@@H](O)CC(=O)CCc1ccc2c(c1)O[C@H]1[C@H](C#C[C@H](O)c3ccc4c(c3Cc3c[nH]c5cn1cc35)CCN[C@H]4N)CC#CO2. The van der Waals surface area contributed by atoms with Crippen molar-refractivity contribution in [3.05, 3.63) is 82.3 Å². The van der Waals surface area contributed by atoms with Gasteiger partial charge in [0.15, 0.2) is 17.7 Å². The standard InChI is InChI=1S/C40H44N4O5/c1-2-3-4-7-28(45)21-29(46)11-8-25-9-15-37-38(19-25)49-40-26(6-5-18-48-37)10-14-36(47)31-12-13-32-30(16-17-42-39(32)41)33(31)20-27-22-43-35-24-44(40)23-34(27)35/h9,12-13,15,19,22-24,26,28,36,39-40,42-43,45,47H,2-4,6-8,11,16-17,20-21,41H2,1H3/t26-,28+,36-,39+,40-/m0/s1. The topological polar surface area (TPSA) is 135 Å². The van der Waals surface area contributed by atoms with Crippen LogP contribution in [0.15, 0.2) is 48.9 Å². The average molecular weight is 661 g/mol. The number of rotatable bonds is 9. The Morgan fingerprint density at radius 2 is 2.00 bits per heavy atom. The van der Waals surface area contributed by atoms with E-state index in [1.54, 1.807) is 0 Å². The van der Waals surface area contributed by atoms with E-state index in [-0.39, 0.29) is 18.4 Å². The Kier molecular flexibility index (Phi) is 9.79. The van der Waals surface area contributed by atoms with E-state index >= 15 is 0 Å². The summed E-state index contributed by atoms with van der Waals surface area (Å²) in [6, 6.07) is 9.62. The highest BCUT2D eigenvalue weighted by atomic mass is 16.5. The van der Waals surface area contributed by atoms with Gasteiger partial charge in [-0.2, -0.15) is 0 Å². The lowest BCUT2D eigenvalue weighted by Gasteiger charge is -2.28. The van der Waals surface area contributed by atoms with Gasteiger partial charge < -0.3 is 35.0 Å². The fourth-order valence-corrected chi connectivity index (χ4v) is 7.29. The number of benzene rings is 2. The van der Waals surface area contributed by atoms with Crippen molar-refractivity contribution in [3.63, 3.8) is 0 Å². The lowest BCUT2D eigenvalue weighted by atomic mass is 9.85. The molecular weight excluding hydrogens is 616 g/mol. The summed E-state index contributed by atoms with van der Waals surface area (Å²) in [7, 11) is 0. The zero-order valence-electron chi connectivity index (χ0n) is 27.9. The minimum atomic E-state index is -1.01. The molecule has 0 aliphatic carbocycles. The molecule has 0 amide bonds. The number of nitrogens with two attached hydrogens (primary N) is 1. The third-order valence-electron chi connectivity index (χ3n) is 9.99. The molecule has 2 aromatic heterocycles. The summed E-state index contributed by atoms with van der Waals surface area (Å²) in [5.41, 5.74) is 13.5. The quantitative estimate of drug-likeness (QED) is 0.119. The minimum absolute atomic E-state index is 0.0450. The molecule has 3 aliphatic rings. The van der Waals surface area contributed by atoms with Gasteiger partial charge in [-0.3, -0.25) is 10.1 Å². The molecule has 0 saturated carbocycles. The van der Waals surface area contributed by atoms with Gasteiger partial charge in [0.2, 0.25) is 0 Å². The number of carbonyl (C=O) groups is 1. The van der Waals surface area contributed by atoms with Crippen molar-refractivity contribution in [2.24, 2.45) is 11.7 Å². The maximum Gasteiger partial charge on any atom is 0.190 e. The van der Waals surface area contributed by atoms with Crippen LogP contribution in [0.5, 0.6) is 11.5 Å². The number of hydrogen-bond donors (Lipinski definition) is 5. The zero-order chi connectivity index (χ0) is 33.9. The molecule has 9 nitrogen and oxygen atoms in total. The number of hydrogen-bond acceptors (Lipinski definition) is 7. The van der Waals surface area contributed by atoms with Gasteiger partial charge in [-0.05, 0) is 64.8 Å². The predicted octanol–water partition coefficient (Wildman–Crippen LogP) is 5.48. The molecule has 2 aromatic carbocycles. The van der Waals surface area contributed by atoms with Crippen LogP contribution in [0.4, 0.5) is 0 Å². The van der Waals surface area contributed by atoms with E-state index in [9.17, 15) is 15.0 Å². The van der Waals surface area contributed by atoms with Crippen molar-refractivity contribution >= 4 is 16.7 Å². The maximum atomic E-state index is 12.7. The van der Waals surface area contributed by atoms with Gasteiger partial charge in [0, 0.05) is 56.2 Å². The van der Waals surface area contributed by atoms with E-state index in [4.69, 9.17) is 15.2 Å². The first kappa shape index (κ1) is 33.0. The number of nitrogens with one attached hydrogen (secondary N) is 2. The molecule has 7 rings (SSSR count). The van der Waals surface area contributed by atoms with Gasteiger partial charge in [0.1, 0.15) is 18.0 Å². The molecule has 4 aromatic rings. The molecule has 0 unspecified atom stereocenters. The number of ketones is 1. The van der Waals surface area contributed by atoms with E-state index in [2.05, 4.69) is 47.3 Å². The second kappa shape index (κ2) is 14.5. The number of Topliss-reactive ketones (excluding diaryl/α,β-unsaturated/α-hetero) is 1. The van der Waals surface area contributed by atoms with Crippen LogP contribution >= 0.6 is 0 Å². The van der Waals surface area contributed by atoms with Crippen LogP contribution in [0.1, 0.15) is 104 Å². The lowest BCUT2D eigenvalue weighted by Crippen LogP contribution is -2.36. The number of fused-ring (bicyclic) bond motifs is 7. The minimum Gasteiger partial charge on any atom is -0.465 e. The van der Waals surface area contributed by atoms with Gasteiger partial charge in [-0.25, -0.2) is 0 Å². The molecule has 5 atom stereocenters. The molecule has 6 N–H and O–H groups in total. The van der Waals surface area contributed by atoms with Crippen LogP contribution in [0, 0.1) is 29.8 Å². The highest BCUT2D eigenvalue weighted by molar-refractivity contribution is 5.83. The molecule has 0 spiro atoms. The first-order chi connectivity index (χ1) is 23.9. The van der Waals surface area contributed by atoms with Crippen LogP contribution in [0.2, 0.25) is 0 Å². The third kappa shape index (κ3) is 7.13. The Hall–Kier alpha value is -4.51. The highest BCUT2D eigenvalue weighted by Crippen LogP contribution is 2.38. The van der Waals surface area contributed by atoms with E-state index in [1.165, 1.54) is 5.56 Å². The number of aliphatic hydroxyl groups excluding tert-OH is 2. The second-order valence-electron chi connectivity index (χ2n) is 13.5. The predicted molar refractivity (Wildman–Crippen MR) is 188 cm³/mol. The molecule has 0 fully saturated rings. The summed E-state index contributed by atoms with van der Waals surface area (Å²) in [4.78, 5) is 16.1. The molecule has 49 heavy (non-hydrogen) atoms. The number of aliphatic hydroxyl groups is 2. The monoisotopic (exact) mass is 660 g/mol. The number of H-pyrrole nitrogens is 1. The first-order valence-electron chi connectivity index (χ1n) is 17.5. The van der Waals surface area contributed by atoms with Crippen molar-refractivity contribution < 1.29 is 24.5 Å². The normalized spacial score (nSPS) is 21.6. The number of aromatic nitrogens is 2. The molecule has 9 heteroatoms. The highest BCUT2D eigenvalue weighted by Gasteiger charge is 2.29. The van der Waals surface area contributed by atoms with Crippen LogP contribution in [0.25, 0.3) is 10.9 Å². The van der Waals surface area contributed by atoms with E-state index < -0.39 is 24.4 Å². The Labute approximate surface area is 287 Å². The van der Waals surface area contributed by atoms with Crippen molar-refractivity contribution in [3.8, 4) is 35.4 Å². The Morgan fingerprint density at radius 1 is 1.12 bits per heavy atom. The fourth-order valence-electron chi connectivity index (χ4n) is 7.29. The molecule has 2 bridgehead atoms. The summed E-state index contributed by atoms with van der Waals surface area (Å²) >= 11 is 0. The van der Waals surface area contributed by atoms with E-state index in [0.29, 0.717) is 43.6 Å². The van der Waals surface area contributed by atoms with Crippen LogP contribution < -0.4 is 20.5 Å². The second-order valence-corrected chi connectivity index (χ2v) is 13.5. The van der Waals surface area contributed by atoms with Crippen molar-refractivity contribution in [2.75, 3.05) is 6.54 Å². The molecular formula is C40H44N4O5. The van der Waals surface area contributed by atoms with Gasteiger partial charge in [0.05, 0.1) is 23.7 Å². The number of unbranched alkanes of at least 4 members (excludes halogenated alkanes) is 2.